The molecule has 3 heterocycles. The largest absolute Gasteiger partial charge is 0.378 e. The van der Waals surface area contributed by atoms with Crippen molar-refractivity contribution >= 4 is 26.7 Å². The van der Waals surface area contributed by atoms with Crippen molar-refractivity contribution in [1.29, 1.82) is 0 Å². The normalized spacial score (nSPS) is 20.4. The van der Waals surface area contributed by atoms with Gasteiger partial charge in [-0.3, -0.25) is 0 Å². The van der Waals surface area contributed by atoms with Crippen molar-refractivity contribution in [2.24, 2.45) is 7.05 Å². The first-order valence-corrected chi connectivity index (χ1v) is 8.60. The summed E-state index contributed by atoms with van der Waals surface area (Å²) in [6.07, 6.45) is 1.90. The van der Waals surface area contributed by atoms with Crippen LogP contribution in [0.25, 0.3) is 16.6 Å². The number of rotatable bonds is 1. The highest BCUT2D eigenvalue weighted by Crippen LogP contribution is 2.40. The highest BCUT2D eigenvalue weighted by molar-refractivity contribution is 7.90. The summed E-state index contributed by atoms with van der Waals surface area (Å²) in [5.41, 5.74) is 2.45. The predicted octanol–water partition coefficient (Wildman–Crippen LogP) is 1.53. The molecule has 0 aliphatic carbocycles. The lowest BCUT2D eigenvalue weighted by Crippen LogP contribution is -2.36. The Labute approximate surface area is 128 Å². The van der Waals surface area contributed by atoms with Crippen LogP contribution in [0.15, 0.2) is 29.8 Å². The van der Waals surface area contributed by atoms with Gasteiger partial charge in [-0.2, -0.15) is 8.42 Å². The predicted molar refractivity (Wildman–Crippen MR) is 82.8 cm³/mol. The van der Waals surface area contributed by atoms with Gasteiger partial charge in [0.25, 0.3) is 0 Å². The van der Waals surface area contributed by atoms with Crippen LogP contribution >= 0.6 is 0 Å². The zero-order valence-corrected chi connectivity index (χ0v) is 13.0. The van der Waals surface area contributed by atoms with Gasteiger partial charge in [0.15, 0.2) is 5.75 Å². The molecule has 6 nitrogen and oxygen atoms in total. The van der Waals surface area contributed by atoms with E-state index in [-0.39, 0.29) is 0 Å². The van der Waals surface area contributed by atoms with Crippen molar-refractivity contribution in [3.63, 3.8) is 0 Å². The molecule has 0 N–H and O–H groups in total. The van der Waals surface area contributed by atoms with E-state index in [1.807, 2.05) is 40.9 Å². The van der Waals surface area contributed by atoms with Gasteiger partial charge in [-0.05, 0) is 18.2 Å². The van der Waals surface area contributed by atoms with E-state index in [4.69, 9.17) is 8.92 Å². The lowest BCUT2D eigenvalue weighted by Gasteiger charge is -2.33. The summed E-state index contributed by atoms with van der Waals surface area (Å²) in [7, 11) is -1.81. The van der Waals surface area contributed by atoms with E-state index in [0.29, 0.717) is 37.7 Å². The molecule has 0 spiro atoms. The van der Waals surface area contributed by atoms with E-state index < -0.39 is 10.1 Å². The maximum absolute atomic E-state index is 12.2. The molecule has 2 aliphatic heterocycles. The lowest BCUT2D eigenvalue weighted by molar-refractivity contribution is 0.0639. The Kier molecular flexibility index (Phi) is 2.95. The van der Waals surface area contributed by atoms with Crippen molar-refractivity contribution in [3.8, 4) is 5.75 Å². The molecular formula is C15H16N2O4S. The highest BCUT2D eigenvalue weighted by Gasteiger charge is 2.29. The maximum Gasteiger partial charge on any atom is 0.334 e. The van der Waals surface area contributed by atoms with Gasteiger partial charge in [0.1, 0.15) is 0 Å². The Balaban J connectivity index is 1.93. The number of aromatic nitrogens is 1. The van der Waals surface area contributed by atoms with Gasteiger partial charge in [-0.15, -0.1) is 0 Å². The Hall–Kier alpha value is -1.99. The van der Waals surface area contributed by atoms with Crippen LogP contribution in [0.2, 0.25) is 0 Å². The molecule has 0 amide bonds. The lowest BCUT2D eigenvalue weighted by atomic mass is 10.1. The third-order valence-corrected chi connectivity index (χ3v) is 5.01. The van der Waals surface area contributed by atoms with Crippen LogP contribution in [0.3, 0.4) is 0 Å². The highest BCUT2D eigenvalue weighted by atomic mass is 32.2. The van der Waals surface area contributed by atoms with Crippen molar-refractivity contribution in [3.05, 3.63) is 35.4 Å². The molecule has 0 atom stereocenters. The Morgan fingerprint density at radius 1 is 1.14 bits per heavy atom. The van der Waals surface area contributed by atoms with Gasteiger partial charge in [-0.1, -0.05) is 0 Å². The van der Waals surface area contributed by atoms with E-state index in [1.54, 1.807) is 0 Å². The van der Waals surface area contributed by atoms with Crippen molar-refractivity contribution in [2.75, 3.05) is 26.3 Å². The molecule has 116 valence electrons. The molecule has 1 aromatic carbocycles. The molecule has 0 radical (unpaired) electrons. The number of benzene rings is 1. The second-order valence-electron chi connectivity index (χ2n) is 5.48. The minimum absolute atomic E-state index is 0.419. The van der Waals surface area contributed by atoms with Crippen LogP contribution in [0.5, 0.6) is 5.75 Å². The minimum Gasteiger partial charge on any atom is -0.378 e. The van der Waals surface area contributed by atoms with Gasteiger partial charge in [0.2, 0.25) is 0 Å². The fourth-order valence-electron chi connectivity index (χ4n) is 3.01. The third-order valence-electron chi connectivity index (χ3n) is 4.10. The molecular weight excluding hydrogens is 304 g/mol. The van der Waals surface area contributed by atoms with Gasteiger partial charge in [0.05, 0.1) is 29.8 Å². The summed E-state index contributed by atoms with van der Waals surface area (Å²) in [4.78, 5) is 2.04. The molecule has 0 unspecified atom stereocenters. The first-order chi connectivity index (χ1) is 10.6. The van der Waals surface area contributed by atoms with Crippen molar-refractivity contribution < 1.29 is 17.3 Å². The van der Waals surface area contributed by atoms with E-state index in [2.05, 4.69) is 0 Å². The Bertz CT molecular complexity index is 876. The Morgan fingerprint density at radius 3 is 2.68 bits per heavy atom. The minimum atomic E-state index is -3.73. The van der Waals surface area contributed by atoms with E-state index in [0.717, 1.165) is 16.5 Å². The molecule has 4 rings (SSSR count). The van der Waals surface area contributed by atoms with Gasteiger partial charge < -0.3 is 18.4 Å². The summed E-state index contributed by atoms with van der Waals surface area (Å²) in [5.74, 6) is 0.419. The summed E-state index contributed by atoms with van der Waals surface area (Å²) < 4.78 is 36.9. The number of aryl methyl sites for hydroxylation is 1. The molecule has 1 saturated heterocycles. The fraction of sp³-hybridized carbons (Fsp3) is 0.333. The molecule has 2 aromatic rings. The number of fused-ring (bicyclic) bond motifs is 3. The number of hydrogen-bond donors (Lipinski definition) is 0. The maximum atomic E-state index is 12.2. The zero-order chi connectivity index (χ0) is 15.3. The number of nitrogens with zero attached hydrogens (tertiary/aromatic N) is 2. The summed E-state index contributed by atoms with van der Waals surface area (Å²) in [6.45, 7) is 2.55. The zero-order valence-electron chi connectivity index (χ0n) is 12.2. The van der Waals surface area contributed by atoms with Gasteiger partial charge in [0, 0.05) is 37.3 Å². The molecule has 1 fully saturated rings. The molecule has 7 heteroatoms. The monoisotopic (exact) mass is 320 g/mol. The number of morpholine rings is 1. The van der Waals surface area contributed by atoms with E-state index in [1.165, 1.54) is 5.41 Å². The fourth-order valence-corrected chi connectivity index (χ4v) is 4.01. The van der Waals surface area contributed by atoms with Crippen LogP contribution in [-0.2, 0) is 21.9 Å². The first kappa shape index (κ1) is 13.7. The quantitative estimate of drug-likeness (QED) is 0.746. The summed E-state index contributed by atoms with van der Waals surface area (Å²) >= 11 is 0. The second kappa shape index (κ2) is 4.76. The first-order valence-electron chi connectivity index (χ1n) is 7.12. The standard InChI is InChI=1S/C15H16N2O4S/c1-16-5-4-12-13(16)3-2-11-14(17-6-8-20-9-7-17)10-22(18,19)21-15(11)12/h2-5,10H,6-9H2,1H3. The van der Waals surface area contributed by atoms with Crippen molar-refractivity contribution in [2.45, 2.75) is 0 Å². The summed E-state index contributed by atoms with van der Waals surface area (Å²) in [5, 5.41) is 2.03. The van der Waals surface area contributed by atoms with Crippen LogP contribution in [0.4, 0.5) is 0 Å². The van der Waals surface area contributed by atoms with E-state index in [9.17, 15) is 8.42 Å². The second-order valence-corrected chi connectivity index (χ2v) is 6.87. The van der Waals surface area contributed by atoms with Gasteiger partial charge in [-0.25, -0.2) is 0 Å². The number of hydrogen-bond acceptors (Lipinski definition) is 5. The van der Waals surface area contributed by atoms with Crippen LogP contribution < -0.4 is 4.18 Å². The van der Waals surface area contributed by atoms with Crippen LogP contribution in [0.1, 0.15) is 5.56 Å². The molecule has 22 heavy (non-hydrogen) atoms. The molecule has 1 aromatic heterocycles. The molecule has 0 saturated carbocycles. The van der Waals surface area contributed by atoms with Crippen molar-refractivity contribution in [1.82, 2.24) is 9.47 Å². The van der Waals surface area contributed by atoms with Gasteiger partial charge >= 0.3 is 10.1 Å². The SMILES string of the molecule is Cn1ccc2c3c(ccc21)C(N1CCOCC1)=CS(=O)(=O)O3. The number of ether oxygens (including phenoxy) is 1. The van der Waals surface area contributed by atoms with Crippen LogP contribution in [0, 0.1) is 0 Å². The Morgan fingerprint density at radius 2 is 1.91 bits per heavy atom. The van der Waals surface area contributed by atoms with Crippen LogP contribution in [-0.4, -0.2) is 44.2 Å². The molecule has 2 aliphatic rings. The topological polar surface area (TPSA) is 60.8 Å². The average Bonchev–Trinajstić information content (AvgIpc) is 2.88. The average molecular weight is 320 g/mol. The third kappa shape index (κ3) is 2.08. The summed E-state index contributed by atoms with van der Waals surface area (Å²) in [6, 6.07) is 5.79. The molecule has 0 bridgehead atoms. The van der Waals surface area contributed by atoms with E-state index >= 15 is 0 Å². The smallest absolute Gasteiger partial charge is 0.334 e.